The highest BCUT2D eigenvalue weighted by Crippen LogP contribution is 2.32. The summed E-state index contributed by atoms with van der Waals surface area (Å²) < 4.78 is 28.9. The Kier molecular flexibility index (Phi) is 5.27. The van der Waals surface area contributed by atoms with E-state index in [0.29, 0.717) is 6.42 Å². The second-order valence-corrected chi connectivity index (χ2v) is 8.38. The normalized spacial score (nSPS) is 24.5. The zero-order valence-corrected chi connectivity index (χ0v) is 13.6. The zero-order chi connectivity index (χ0) is 15.5. The Balaban J connectivity index is 2.04. The molecular formula is C16H25NO3S. The third kappa shape index (κ3) is 4.20. The molecule has 0 aromatic heterocycles. The van der Waals surface area contributed by atoms with Crippen LogP contribution in [0.4, 0.5) is 0 Å². The van der Waals surface area contributed by atoms with Gasteiger partial charge in [-0.25, -0.2) is 8.42 Å². The van der Waals surface area contributed by atoms with Crippen molar-refractivity contribution in [3.8, 4) is 5.75 Å². The fourth-order valence-electron chi connectivity index (χ4n) is 3.25. The summed E-state index contributed by atoms with van der Waals surface area (Å²) in [7, 11) is -1.30. The van der Waals surface area contributed by atoms with Crippen molar-refractivity contribution in [1.29, 1.82) is 0 Å². The van der Waals surface area contributed by atoms with E-state index in [4.69, 9.17) is 10.5 Å². The standard InChI is InChI=1S/C16H25NO3S/c1-20-16-9-4-3-6-13(16)11-15(17)12-7-5-8-14(10-12)21(2,18)19/h3-4,6,9,12,14-15H,5,7-8,10-11,17H2,1-2H3. The minimum absolute atomic E-state index is 0.0224. The lowest BCUT2D eigenvalue weighted by molar-refractivity contribution is 0.302. The number of methoxy groups -OCH3 is 1. The van der Waals surface area contributed by atoms with Crippen molar-refractivity contribution in [1.82, 2.24) is 0 Å². The Labute approximate surface area is 127 Å². The fourth-order valence-corrected chi connectivity index (χ4v) is 4.44. The molecule has 0 aliphatic heterocycles. The van der Waals surface area contributed by atoms with Gasteiger partial charge < -0.3 is 10.5 Å². The maximum atomic E-state index is 11.8. The van der Waals surface area contributed by atoms with Gasteiger partial charge in [-0.15, -0.1) is 0 Å². The maximum absolute atomic E-state index is 11.8. The van der Waals surface area contributed by atoms with Crippen LogP contribution in [-0.4, -0.2) is 33.1 Å². The van der Waals surface area contributed by atoms with Gasteiger partial charge in [-0.2, -0.15) is 0 Å². The second kappa shape index (κ2) is 6.79. The fraction of sp³-hybridized carbons (Fsp3) is 0.625. The summed E-state index contributed by atoms with van der Waals surface area (Å²) in [5, 5.41) is -0.222. The van der Waals surface area contributed by atoms with Crippen LogP contribution in [0.15, 0.2) is 24.3 Å². The quantitative estimate of drug-likeness (QED) is 0.905. The first kappa shape index (κ1) is 16.3. The number of benzene rings is 1. The molecule has 1 aliphatic carbocycles. The number of rotatable bonds is 5. The van der Waals surface area contributed by atoms with E-state index in [1.807, 2.05) is 24.3 Å². The minimum Gasteiger partial charge on any atom is -0.496 e. The van der Waals surface area contributed by atoms with Crippen molar-refractivity contribution >= 4 is 9.84 Å². The highest BCUT2D eigenvalue weighted by Gasteiger charge is 2.31. The summed E-state index contributed by atoms with van der Waals surface area (Å²) >= 11 is 0. The largest absolute Gasteiger partial charge is 0.496 e. The molecule has 0 saturated heterocycles. The minimum atomic E-state index is -2.96. The number of sulfone groups is 1. The lowest BCUT2D eigenvalue weighted by atomic mass is 9.81. The van der Waals surface area contributed by atoms with Gasteiger partial charge in [-0.3, -0.25) is 0 Å². The van der Waals surface area contributed by atoms with Gasteiger partial charge in [-0.1, -0.05) is 24.6 Å². The molecule has 2 rings (SSSR count). The van der Waals surface area contributed by atoms with Crippen molar-refractivity contribution in [3.05, 3.63) is 29.8 Å². The Bertz CT molecular complexity index is 571. The maximum Gasteiger partial charge on any atom is 0.150 e. The molecule has 0 bridgehead atoms. The van der Waals surface area contributed by atoms with Crippen LogP contribution in [0, 0.1) is 5.92 Å². The smallest absolute Gasteiger partial charge is 0.150 e. The molecule has 0 amide bonds. The molecule has 2 N–H and O–H groups in total. The molecular weight excluding hydrogens is 286 g/mol. The lowest BCUT2D eigenvalue weighted by Crippen LogP contribution is -2.38. The average molecular weight is 311 g/mol. The second-order valence-electron chi connectivity index (χ2n) is 6.06. The van der Waals surface area contributed by atoms with Crippen molar-refractivity contribution in [2.75, 3.05) is 13.4 Å². The predicted octanol–water partition coefficient (Wildman–Crippen LogP) is 2.17. The van der Waals surface area contributed by atoms with Gasteiger partial charge in [0.05, 0.1) is 12.4 Å². The average Bonchev–Trinajstić information content (AvgIpc) is 2.47. The van der Waals surface area contributed by atoms with Gasteiger partial charge in [-0.05, 0) is 43.2 Å². The highest BCUT2D eigenvalue weighted by atomic mass is 32.2. The van der Waals surface area contributed by atoms with Crippen LogP contribution in [0.3, 0.4) is 0 Å². The molecule has 4 nitrogen and oxygen atoms in total. The summed E-state index contributed by atoms with van der Waals surface area (Å²) in [6.07, 6.45) is 5.49. The van der Waals surface area contributed by atoms with Gasteiger partial charge in [0.2, 0.25) is 0 Å². The molecule has 3 atom stereocenters. The zero-order valence-electron chi connectivity index (χ0n) is 12.8. The summed E-state index contributed by atoms with van der Waals surface area (Å²) in [5.74, 6) is 1.12. The van der Waals surface area contributed by atoms with Crippen molar-refractivity contribution < 1.29 is 13.2 Å². The molecule has 0 spiro atoms. The van der Waals surface area contributed by atoms with Crippen molar-refractivity contribution in [3.63, 3.8) is 0 Å². The molecule has 1 aromatic rings. The first-order valence-corrected chi connectivity index (χ1v) is 9.43. The Morgan fingerprint density at radius 3 is 2.71 bits per heavy atom. The van der Waals surface area contributed by atoms with Gasteiger partial charge in [0.1, 0.15) is 15.6 Å². The molecule has 1 aromatic carbocycles. The van der Waals surface area contributed by atoms with Gasteiger partial charge in [0, 0.05) is 12.3 Å². The first-order valence-electron chi connectivity index (χ1n) is 7.48. The van der Waals surface area contributed by atoms with E-state index in [1.165, 1.54) is 6.26 Å². The van der Waals surface area contributed by atoms with E-state index in [1.54, 1.807) is 7.11 Å². The summed E-state index contributed by atoms with van der Waals surface area (Å²) in [5.41, 5.74) is 7.45. The van der Waals surface area contributed by atoms with Crippen LogP contribution in [0.1, 0.15) is 31.2 Å². The monoisotopic (exact) mass is 311 g/mol. The van der Waals surface area contributed by atoms with Gasteiger partial charge in [0.25, 0.3) is 0 Å². The van der Waals surface area contributed by atoms with Crippen LogP contribution < -0.4 is 10.5 Å². The van der Waals surface area contributed by atoms with Crippen LogP contribution >= 0.6 is 0 Å². The molecule has 5 heteroatoms. The molecule has 0 radical (unpaired) electrons. The van der Waals surface area contributed by atoms with Crippen molar-refractivity contribution in [2.45, 2.75) is 43.4 Å². The topological polar surface area (TPSA) is 69.4 Å². The highest BCUT2D eigenvalue weighted by molar-refractivity contribution is 7.91. The Morgan fingerprint density at radius 2 is 2.05 bits per heavy atom. The molecule has 3 unspecified atom stereocenters. The Hall–Kier alpha value is -1.07. The number of ether oxygens (including phenoxy) is 1. The lowest BCUT2D eigenvalue weighted by Gasteiger charge is -2.32. The van der Waals surface area contributed by atoms with E-state index in [-0.39, 0.29) is 17.2 Å². The summed E-state index contributed by atoms with van der Waals surface area (Å²) in [6.45, 7) is 0. The first-order chi connectivity index (χ1) is 9.91. The third-order valence-electron chi connectivity index (χ3n) is 4.53. The third-order valence-corrected chi connectivity index (χ3v) is 6.16. The number of para-hydroxylation sites is 1. The summed E-state index contributed by atoms with van der Waals surface area (Å²) in [6, 6.07) is 7.85. The molecule has 0 heterocycles. The van der Waals surface area contributed by atoms with Crippen LogP contribution in [-0.2, 0) is 16.3 Å². The summed E-state index contributed by atoms with van der Waals surface area (Å²) in [4.78, 5) is 0. The number of hydrogen-bond donors (Lipinski definition) is 1. The van der Waals surface area contributed by atoms with Crippen molar-refractivity contribution in [2.24, 2.45) is 11.7 Å². The van der Waals surface area contributed by atoms with E-state index in [2.05, 4.69) is 0 Å². The SMILES string of the molecule is COc1ccccc1CC(N)C1CCCC(S(C)(=O)=O)C1. The van der Waals surface area contributed by atoms with Gasteiger partial charge >= 0.3 is 0 Å². The predicted molar refractivity (Wildman–Crippen MR) is 85.3 cm³/mol. The molecule has 1 aliphatic rings. The molecule has 21 heavy (non-hydrogen) atoms. The van der Waals surface area contributed by atoms with E-state index in [9.17, 15) is 8.42 Å². The number of hydrogen-bond acceptors (Lipinski definition) is 4. The molecule has 118 valence electrons. The number of nitrogens with two attached hydrogens (primary N) is 1. The van der Waals surface area contributed by atoms with Gasteiger partial charge in [0.15, 0.2) is 0 Å². The Morgan fingerprint density at radius 1 is 1.33 bits per heavy atom. The molecule has 1 fully saturated rings. The van der Waals surface area contributed by atoms with E-state index >= 15 is 0 Å². The van der Waals surface area contributed by atoms with E-state index < -0.39 is 9.84 Å². The molecule has 1 saturated carbocycles. The van der Waals surface area contributed by atoms with E-state index in [0.717, 1.165) is 37.0 Å². The van der Waals surface area contributed by atoms with Crippen LogP contribution in [0.25, 0.3) is 0 Å². The van der Waals surface area contributed by atoms with Crippen LogP contribution in [0.5, 0.6) is 5.75 Å². The van der Waals surface area contributed by atoms with Crippen LogP contribution in [0.2, 0.25) is 0 Å².